The number of amides is 1. The zero-order valence-corrected chi connectivity index (χ0v) is 14.5. The van der Waals surface area contributed by atoms with Crippen molar-refractivity contribution in [3.63, 3.8) is 0 Å². The third kappa shape index (κ3) is 4.08. The van der Waals surface area contributed by atoms with Crippen molar-refractivity contribution in [2.45, 2.75) is 13.3 Å². The number of aromatic amines is 1. The molecule has 0 unspecified atom stereocenters. The average Bonchev–Trinajstić information content (AvgIpc) is 3.35. The lowest BCUT2D eigenvalue weighted by atomic mass is 10.1. The second kappa shape index (κ2) is 8.00. The molecule has 1 amide bonds. The number of nitriles is 1. The van der Waals surface area contributed by atoms with E-state index in [1.54, 1.807) is 6.92 Å². The van der Waals surface area contributed by atoms with Gasteiger partial charge in [0, 0.05) is 29.3 Å². The Balaban J connectivity index is 1.76. The number of carbonyl (C=O) groups is 1. The first-order valence-corrected chi connectivity index (χ1v) is 8.54. The molecule has 0 atom stereocenters. The van der Waals surface area contributed by atoms with Gasteiger partial charge in [-0.3, -0.25) is 4.79 Å². The molecule has 9 nitrogen and oxygen atoms in total. The Kier molecular flexibility index (Phi) is 5.31. The summed E-state index contributed by atoms with van der Waals surface area (Å²) in [6.07, 6.45) is 1.92. The van der Waals surface area contributed by atoms with Crippen LogP contribution in [0.2, 0.25) is 0 Å². The van der Waals surface area contributed by atoms with Gasteiger partial charge in [-0.05, 0) is 17.3 Å². The van der Waals surface area contributed by atoms with E-state index in [0.29, 0.717) is 11.6 Å². The van der Waals surface area contributed by atoms with Crippen molar-refractivity contribution in [2.75, 3.05) is 10.6 Å². The second-order valence-electron chi connectivity index (χ2n) is 5.07. The van der Waals surface area contributed by atoms with Gasteiger partial charge in [-0.25, -0.2) is 4.98 Å². The van der Waals surface area contributed by atoms with E-state index in [-0.39, 0.29) is 17.3 Å². The maximum absolute atomic E-state index is 11.5. The first-order valence-electron chi connectivity index (χ1n) is 7.66. The second-order valence-corrected chi connectivity index (χ2v) is 5.93. The maximum atomic E-state index is 11.5. The summed E-state index contributed by atoms with van der Waals surface area (Å²) in [5, 5.41) is 30.7. The SMILES string of the molecule is CCC(=O)Nc1nc(-c2cccc(NC=C(C#N)c3nn[nH]n3)c2)cs1. The number of H-pyrrole nitrogens is 1. The molecule has 0 aliphatic rings. The number of hydrogen-bond donors (Lipinski definition) is 3. The Labute approximate surface area is 152 Å². The number of nitrogens with one attached hydrogen (secondary N) is 3. The predicted octanol–water partition coefficient (Wildman–Crippen LogP) is 2.65. The third-order valence-electron chi connectivity index (χ3n) is 3.32. The molecule has 0 radical (unpaired) electrons. The highest BCUT2D eigenvalue weighted by molar-refractivity contribution is 7.14. The van der Waals surface area contributed by atoms with Gasteiger partial charge in [-0.2, -0.15) is 10.5 Å². The van der Waals surface area contributed by atoms with E-state index in [0.717, 1.165) is 16.9 Å². The smallest absolute Gasteiger partial charge is 0.225 e. The van der Waals surface area contributed by atoms with Crippen LogP contribution in [0, 0.1) is 11.3 Å². The topological polar surface area (TPSA) is 132 Å². The van der Waals surface area contributed by atoms with Gasteiger partial charge in [-0.15, -0.1) is 21.5 Å². The molecule has 0 aliphatic heterocycles. The van der Waals surface area contributed by atoms with Crippen LogP contribution in [0.1, 0.15) is 19.2 Å². The summed E-state index contributed by atoms with van der Waals surface area (Å²) in [5.41, 5.74) is 2.66. The number of anilines is 2. The van der Waals surface area contributed by atoms with E-state index >= 15 is 0 Å². The molecule has 130 valence electrons. The summed E-state index contributed by atoms with van der Waals surface area (Å²) in [4.78, 5) is 15.9. The fraction of sp³-hybridized carbons (Fsp3) is 0.125. The van der Waals surface area contributed by atoms with Crippen molar-refractivity contribution in [2.24, 2.45) is 0 Å². The Morgan fingerprint density at radius 1 is 1.46 bits per heavy atom. The standard InChI is InChI=1S/C16H14N8OS/c1-2-14(25)20-16-19-13(9-26-16)10-4-3-5-12(6-10)18-8-11(7-17)15-21-23-24-22-15/h3-6,8-9,18H,2H2,1H3,(H,19,20,25)(H,21,22,23,24). The zero-order valence-electron chi connectivity index (χ0n) is 13.7. The molecule has 10 heteroatoms. The van der Waals surface area contributed by atoms with Crippen LogP contribution in [0.5, 0.6) is 0 Å². The number of hydrogen-bond acceptors (Lipinski definition) is 8. The minimum Gasteiger partial charge on any atom is -0.360 e. The van der Waals surface area contributed by atoms with Gasteiger partial charge in [0.2, 0.25) is 11.7 Å². The summed E-state index contributed by atoms with van der Waals surface area (Å²) in [7, 11) is 0. The summed E-state index contributed by atoms with van der Waals surface area (Å²) in [6, 6.07) is 9.55. The molecule has 0 saturated carbocycles. The van der Waals surface area contributed by atoms with E-state index in [1.807, 2.05) is 35.7 Å². The largest absolute Gasteiger partial charge is 0.360 e. The fourth-order valence-corrected chi connectivity index (χ4v) is 2.75. The van der Waals surface area contributed by atoms with Gasteiger partial charge in [0.15, 0.2) is 5.13 Å². The number of benzene rings is 1. The van der Waals surface area contributed by atoms with E-state index in [9.17, 15) is 10.1 Å². The number of thiazole rings is 1. The van der Waals surface area contributed by atoms with Crippen LogP contribution in [0.3, 0.4) is 0 Å². The van der Waals surface area contributed by atoms with Gasteiger partial charge in [0.05, 0.1) is 5.69 Å². The summed E-state index contributed by atoms with van der Waals surface area (Å²) >= 11 is 1.37. The lowest BCUT2D eigenvalue weighted by molar-refractivity contribution is -0.115. The predicted molar refractivity (Wildman–Crippen MR) is 97.9 cm³/mol. The average molecular weight is 366 g/mol. The van der Waals surface area contributed by atoms with Crippen LogP contribution in [0.4, 0.5) is 10.8 Å². The molecular formula is C16H14N8OS. The summed E-state index contributed by atoms with van der Waals surface area (Å²) in [5.74, 6) is 0.143. The monoisotopic (exact) mass is 366 g/mol. The Morgan fingerprint density at radius 3 is 3.08 bits per heavy atom. The van der Waals surface area contributed by atoms with Crippen LogP contribution >= 0.6 is 11.3 Å². The van der Waals surface area contributed by atoms with Gasteiger partial charge in [0.25, 0.3) is 0 Å². The quantitative estimate of drug-likeness (QED) is 0.571. The highest BCUT2D eigenvalue weighted by Gasteiger charge is 2.08. The van der Waals surface area contributed by atoms with Crippen LogP contribution in [-0.4, -0.2) is 31.5 Å². The molecule has 0 saturated heterocycles. The molecule has 3 rings (SSSR count). The minimum absolute atomic E-state index is 0.0723. The normalized spacial score (nSPS) is 11.0. The Hall–Kier alpha value is -3.58. The molecule has 1 aromatic carbocycles. The molecule has 3 N–H and O–H groups in total. The van der Waals surface area contributed by atoms with Crippen LogP contribution in [0.15, 0.2) is 35.8 Å². The Morgan fingerprint density at radius 2 is 2.35 bits per heavy atom. The van der Waals surface area contributed by atoms with E-state index in [2.05, 4.69) is 36.2 Å². The van der Waals surface area contributed by atoms with Crippen molar-refractivity contribution in [1.82, 2.24) is 25.6 Å². The zero-order chi connectivity index (χ0) is 18.4. The van der Waals surface area contributed by atoms with Gasteiger partial charge in [0.1, 0.15) is 11.6 Å². The van der Waals surface area contributed by atoms with E-state index in [4.69, 9.17) is 0 Å². The molecule has 0 spiro atoms. The lowest BCUT2D eigenvalue weighted by Crippen LogP contribution is -2.08. The van der Waals surface area contributed by atoms with Crippen molar-refractivity contribution in [3.05, 3.63) is 41.7 Å². The number of tetrazole rings is 1. The number of carbonyl (C=O) groups excluding carboxylic acids is 1. The molecule has 0 aliphatic carbocycles. The van der Waals surface area contributed by atoms with Crippen molar-refractivity contribution >= 4 is 33.6 Å². The highest BCUT2D eigenvalue weighted by Crippen LogP contribution is 2.27. The van der Waals surface area contributed by atoms with Crippen molar-refractivity contribution < 1.29 is 4.79 Å². The van der Waals surface area contributed by atoms with Crippen molar-refractivity contribution in [1.29, 1.82) is 5.26 Å². The van der Waals surface area contributed by atoms with Gasteiger partial charge in [-0.1, -0.05) is 19.1 Å². The van der Waals surface area contributed by atoms with Crippen LogP contribution < -0.4 is 10.6 Å². The number of allylic oxidation sites excluding steroid dienone is 1. The minimum atomic E-state index is -0.0723. The van der Waals surface area contributed by atoms with Gasteiger partial charge < -0.3 is 10.6 Å². The fourth-order valence-electron chi connectivity index (χ4n) is 2.02. The molecule has 3 aromatic rings. The number of rotatable bonds is 6. The highest BCUT2D eigenvalue weighted by atomic mass is 32.1. The first-order chi connectivity index (χ1) is 12.7. The maximum Gasteiger partial charge on any atom is 0.225 e. The first kappa shape index (κ1) is 17.2. The van der Waals surface area contributed by atoms with E-state index in [1.165, 1.54) is 17.5 Å². The molecule has 0 fully saturated rings. The molecule has 2 heterocycles. The van der Waals surface area contributed by atoms with Gasteiger partial charge >= 0.3 is 0 Å². The van der Waals surface area contributed by atoms with Crippen LogP contribution in [0.25, 0.3) is 16.8 Å². The molecule has 0 bridgehead atoms. The van der Waals surface area contributed by atoms with E-state index < -0.39 is 0 Å². The lowest BCUT2D eigenvalue weighted by Gasteiger charge is -2.04. The molecule has 26 heavy (non-hydrogen) atoms. The van der Waals surface area contributed by atoms with Crippen LogP contribution in [-0.2, 0) is 4.79 Å². The Bertz CT molecular complexity index is 970. The van der Waals surface area contributed by atoms with Crippen molar-refractivity contribution in [3.8, 4) is 17.3 Å². The number of aromatic nitrogens is 5. The summed E-state index contributed by atoms with van der Waals surface area (Å²) in [6.45, 7) is 1.79. The summed E-state index contributed by atoms with van der Waals surface area (Å²) < 4.78 is 0. The molecular weight excluding hydrogens is 352 g/mol. The molecule has 2 aromatic heterocycles. The third-order valence-corrected chi connectivity index (χ3v) is 4.08. The number of nitrogens with zero attached hydrogens (tertiary/aromatic N) is 5.